The predicted octanol–water partition coefficient (Wildman–Crippen LogP) is 2.83. The molecule has 3 aromatic heterocycles. The Morgan fingerprint density at radius 3 is 2.42 bits per heavy atom. The van der Waals surface area contributed by atoms with Crippen molar-refractivity contribution in [3.05, 3.63) is 40.4 Å². The molecule has 14 heteroatoms. The van der Waals surface area contributed by atoms with Crippen molar-refractivity contribution < 1.29 is 26.7 Å². The van der Waals surface area contributed by atoms with Crippen molar-refractivity contribution in [2.45, 2.75) is 38.4 Å². The lowest BCUT2D eigenvalue weighted by atomic mass is 9.77. The summed E-state index contributed by atoms with van der Waals surface area (Å²) >= 11 is 0. The van der Waals surface area contributed by atoms with Crippen LogP contribution in [0.2, 0.25) is 0 Å². The molecule has 5 heterocycles. The Labute approximate surface area is 201 Å². The second kappa shape index (κ2) is 8.52. The van der Waals surface area contributed by atoms with Crippen LogP contribution in [0.15, 0.2) is 29.3 Å². The molecule has 9 nitrogen and oxygen atoms in total. The van der Waals surface area contributed by atoms with Crippen LogP contribution in [0.3, 0.4) is 0 Å². The number of rotatable bonds is 4. The van der Waals surface area contributed by atoms with Gasteiger partial charge in [0.15, 0.2) is 11.1 Å². The molecule has 2 fully saturated rings. The smallest absolute Gasteiger partial charge is 0.355 e. The largest absolute Gasteiger partial charge is 0.431 e. The molecule has 0 atom stereocenters. The fourth-order valence-corrected chi connectivity index (χ4v) is 5.08. The van der Waals surface area contributed by atoms with Gasteiger partial charge in [-0.2, -0.15) is 18.3 Å². The highest BCUT2D eigenvalue weighted by Gasteiger charge is 2.49. The lowest BCUT2D eigenvalue weighted by Crippen LogP contribution is -2.45. The van der Waals surface area contributed by atoms with Gasteiger partial charge in [-0.1, -0.05) is 0 Å². The first-order chi connectivity index (χ1) is 17.0. The fourth-order valence-electron chi connectivity index (χ4n) is 5.08. The van der Waals surface area contributed by atoms with Gasteiger partial charge in [0, 0.05) is 38.8 Å². The van der Waals surface area contributed by atoms with Crippen LogP contribution < -0.4 is 15.2 Å². The van der Waals surface area contributed by atoms with Crippen molar-refractivity contribution in [2.24, 2.45) is 12.5 Å². The number of anilines is 2. The van der Waals surface area contributed by atoms with Gasteiger partial charge in [-0.05, 0) is 19.3 Å². The zero-order chi connectivity index (χ0) is 25.8. The van der Waals surface area contributed by atoms with Gasteiger partial charge in [-0.3, -0.25) is 14.5 Å². The van der Waals surface area contributed by atoms with E-state index >= 15 is 0 Å². The number of piperidine rings is 1. The second-order valence-electron chi connectivity index (χ2n) is 9.12. The van der Waals surface area contributed by atoms with Gasteiger partial charge in [-0.15, -0.1) is 0 Å². The monoisotopic (exact) mass is 511 g/mol. The first-order valence-corrected chi connectivity index (χ1v) is 11.3. The number of halogens is 5. The van der Waals surface area contributed by atoms with Crippen LogP contribution in [0.1, 0.15) is 25.0 Å². The van der Waals surface area contributed by atoms with Crippen molar-refractivity contribution >= 4 is 28.7 Å². The van der Waals surface area contributed by atoms with Crippen molar-refractivity contribution in [1.29, 1.82) is 0 Å². The number of alkyl halides is 5. The van der Waals surface area contributed by atoms with Gasteiger partial charge in [0.25, 0.3) is 6.43 Å². The molecular weight excluding hydrogens is 489 g/mol. The topological polar surface area (TPSA) is 89.2 Å². The van der Waals surface area contributed by atoms with E-state index in [9.17, 15) is 31.5 Å². The van der Waals surface area contributed by atoms with Crippen LogP contribution in [-0.4, -0.2) is 56.3 Å². The predicted molar refractivity (Wildman–Crippen MR) is 119 cm³/mol. The number of carbonyl (C=O) groups is 1. The number of hydrogen-bond acceptors (Lipinski definition) is 6. The molecule has 0 N–H and O–H groups in total. The van der Waals surface area contributed by atoms with Gasteiger partial charge >= 0.3 is 6.18 Å². The first kappa shape index (κ1) is 24.1. The summed E-state index contributed by atoms with van der Waals surface area (Å²) in [6, 6.07) is 1.57. The summed E-state index contributed by atoms with van der Waals surface area (Å²) in [5.41, 5.74) is -2.08. The lowest BCUT2D eigenvalue weighted by molar-refractivity contribution is -0.143. The third-order valence-electron chi connectivity index (χ3n) is 7.02. The molecule has 1 amide bonds. The molecule has 0 radical (unpaired) electrons. The Balaban J connectivity index is 1.35. The molecule has 2 aliphatic heterocycles. The van der Waals surface area contributed by atoms with E-state index < -0.39 is 35.7 Å². The molecule has 1 spiro atoms. The van der Waals surface area contributed by atoms with E-state index in [-0.39, 0.29) is 23.9 Å². The Bertz CT molecular complexity index is 1380. The minimum Gasteiger partial charge on any atom is -0.355 e. The third kappa shape index (κ3) is 4.07. The number of fused-ring (bicyclic) bond motifs is 1. The maximum Gasteiger partial charge on any atom is 0.431 e. The minimum atomic E-state index is -4.73. The molecule has 36 heavy (non-hydrogen) atoms. The Morgan fingerprint density at radius 1 is 1.06 bits per heavy atom. The number of nitrogens with zero attached hydrogens (tertiary/aromatic N) is 7. The normalized spacial score (nSPS) is 18.2. The van der Waals surface area contributed by atoms with Gasteiger partial charge in [0.05, 0.1) is 17.8 Å². The molecule has 2 saturated heterocycles. The first-order valence-electron chi connectivity index (χ1n) is 11.3. The fraction of sp³-hybridized carbons (Fsp3) is 0.500. The van der Waals surface area contributed by atoms with Crippen molar-refractivity contribution in [1.82, 2.24) is 24.3 Å². The molecule has 3 aromatic rings. The molecule has 0 bridgehead atoms. The molecule has 5 rings (SSSR count). The Hall–Kier alpha value is -3.58. The minimum absolute atomic E-state index is 0.0808. The standard InChI is InChI=1S/C22H22F5N7O2/c1-31-15(22(25,26)27)8-13(35)9-18(31)33-7-4-21(20(33)36)2-5-32(6-3-21)17-11-28-14-10-29-34(12-16(23)24)19(14)30-17/h8-11,16H,2-7,12H2,1H3. The van der Waals surface area contributed by atoms with E-state index in [0.29, 0.717) is 49.8 Å². The maximum absolute atomic E-state index is 13.4. The quantitative estimate of drug-likeness (QED) is 0.501. The van der Waals surface area contributed by atoms with Crippen LogP contribution in [0.4, 0.5) is 33.6 Å². The van der Waals surface area contributed by atoms with Crippen LogP contribution in [0, 0.1) is 5.41 Å². The summed E-state index contributed by atoms with van der Waals surface area (Å²) in [5, 5.41) is 3.91. The van der Waals surface area contributed by atoms with Crippen LogP contribution >= 0.6 is 0 Å². The van der Waals surface area contributed by atoms with Crippen LogP contribution in [-0.2, 0) is 24.6 Å². The van der Waals surface area contributed by atoms with Crippen molar-refractivity contribution in [3.8, 4) is 0 Å². The van der Waals surface area contributed by atoms with E-state index in [2.05, 4.69) is 15.1 Å². The van der Waals surface area contributed by atoms with Gasteiger partial charge in [-0.25, -0.2) is 23.4 Å². The molecule has 0 saturated carbocycles. The van der Waals surface area contributed by atoms with Crippen LogP contribution in [0.5, 0.6) is 0 Å². The maximum atomic E-state index is 13.4. The second-order valence-corrected chi connectivity index (χ2v) is 9.12. The Kier molecular flexibility index (Phi) is 5.71. The number of hydrogen-bond donors (Lipinski definition) is 0. The van der Waals surface area contributed by atoms with E-state index in [4.69, 9.17) is 0 Å². The van der Waals surface area contributed by atoms with E-state index in [1.165, 1.54) is 24.3 Å². The zero-order valence-electron chi connectivity index (χ0n) is 19.2. The van der Waals surface area contributed by atoms with Gasteiger partial charge in [0.1, 0.15) is 29.4 Å². The average Bonchev–Trinajstić information content (AvgIpc) is 3.35. The summed E-state index contributed by atoms with van der Waals surface area (Å²) in [5.74, 6) is 0.0757. The molecule has 192 valence electrons. The number of amides is 1. The van der Waals surface area contributed by atoms with Gasteiger partial charge in [0.2, 0.25) is 5.91 Å². The van der Waals surface area contributed by atoms with E-state index in [1.807, 2.05) is 4.90 Å². The van der Waals surface area contributed by atoms with E-state index in [1.54, 1.807) is 0 Å². The zero-order valence-corrected chi connectivity index (χ0v) is 19.2. The van der Waals surface area contributed by atoms with Crippen molar-refractivity contribution in [2.75, 3.05) is 29.4 Å². The molecule has 0 aliphatic carbocycles. The summed E-state index contributed by atoms with van der Waals surface area (Å²) in [7, 11) is 1.19. The molecular formula is C22H22F5N7O2. The Morgan fingerprint density at radius 2 is 1.75 bits per heavy atom. The number of pyridine rings is 1. The SMILES string of the molecule is Cn1c(N2CCC3(CCN(c4cnc5cnn(CC(F)F)c5n4)CC3)C2=O)cc(=O)cc1C(F)(F)F. The van der Waals surface area contributed by atoms with Crippen LogP contribution in [0.25, 0.3) is 11.2 Å². The number of carbonyl (C=O) groups excluding carboxylic acids is 1. The highest BCUT2D eigenvalue weighted by atomic mass is 19.4. The summed E-state index contributed by atoms with van der Waals surface area (Å²) < 4.78 is 67.8. The van der Waals surface area contributed by atoms with E-state index in [0.717, 1.165) is 15.3 Å². The average molecular weight is 511 g/mol. The van der Waals surface area contributed by atoms with Crippen molar-refractivity contribution in [3.63, 3.8) is 0 Å². The molecule has 0 aromatic carbocycles. The third-order valence-corrected chi connectivity index (χ3v) is 7.02. The highest BCUT2D eigenvalue weighted by Crippen LogP contribution is 2.44. The summed E-state index contributed by atoms with van der Waals surface area (Å²) in [6.07, 6.45) is -3.15. The summed E-state index contributed by atoms with van der Waals surface area (Å²) in [4.78, 5) is 37.3. The lowest BCUT2D eigenvalue weighted by Gasteiger charge is -2.38. The highest BCUT2D eigenvalue weighted by molar-refractivity contribution is 5.99. The molecule has 0 unspecified atom stereocenters. The summed E-state index contributed by atoms with van der Waals surface area (Å²) in [6.45, 7) is 0.438. The number of aromatic nitrogens is 5. The van der Waals surface area contributed by atoms with Gasteiger partial charge < -0.3 is 9.47 Å². The molecule has 2 aliphatic rings.